The molecule has 13 heavy (non-hydrogen) atoms. The zero-order chi connectivity index (χ0) is 9.84. The van der Waals surface area contributed by atoms with Crippen molar-refractivity contribution in [3.8, 4) is 0 Å². The fourth-order valence-electron chi connectivity index (χ4n) is 2.27. The van der Waals surface area contributed by atoms with Crippen LogP contribution < -0.4 is 0 Å². The Morgan fingerprint density at radius 2 is 1.92 bits per heavy atom. The van der Waals surface area contributed by atoms with Gasteiger partial charge >= 0.3 is 5.97 Å². The van der Waals surface area contributed by atoms with Crippen LogP contribution in [0.4, 0.5) is 0 Å². The van der Waals surface area contributed by atoms with Crippen molar-refractivity contribution in [2.45, 2.75) is 46.0 Å². The van der Waals surface area contributed by atoms with Gasteiger partial charge in [-0.3, -0.25) is 4.79 Å². The van der Waals surface area contributed by atoms with Crippen molar-refractivity contribution in [1.82, 2.24) is 0 Å². The summed E-state index contributed by atoms with van der Waals surface area (Å²) < 4.78 is 0. The van der Waals surface area contributed by atoms with Crippen LogP contribution in [-0.4, -0.2) is 11.1 Å². The molecule has 0 aliphatic heterocycles. The molecule has 2 nitrogen and oxygen atoms in total. The highest BCUT2D eigenvalue weighted by Crippen LogP contribution is 2.34. The van der Waals surface area contributed by atoms with Gasteiger partial charge in [0.1, 0.15) is 0 Å². The van der Waals surface area contributed by atoms with Crippen molar-refractivity contribution in [2.75, 3.05) is 0 Å². The number of rotatable bonds is 3. The third kappa shape index (κ3) is 2.71. The molecule has 0 radical (unpaired) electrons. The highest BCUT2D eigenvalue weighted by atomic mass is 16.4. The van der Waals surface area contributed by atoms with E-state index in [0.29, 0.717) is 0 Å². The minimum Gasteiger partial charge on any atom is -0.481 e. The molecular weight excluding hydrogens is 164 g/mol. The van der Waals surface area contributed by atoms with E-state index >= 15 is 0 Å². The quantitative estimate of drug-likeness (QED) is 0.732. The van der Waals surface area contributed by atoms with Gasteiger partial charge < -0.3 is 5.11 Å². The first-order chi connectivity index (χ1) is 6.15. The molecule has 0 spiro atoms. The van der Waals surface area contributed by atoms with Gasteiger partial charge in [-0.1, -0.05) is 20.3 Å². The number of aliphatic carboxylic acids is 1. The molecule has 0 heterocycles. The molecule has 0 aromatic rings. The summed E-state index contributed by atoms with van der Waals surface area (Å²) in [6.07, 6.45) is 5.25. The molecule has 1 atom stereocenters. The molecule has 1 fully saturated rings. The van der Waals surface area contributed by atoms with Crippen molar-refractivity contribution in [1.29, 1.82) is 0 Å². The molecule has 1 aliphatic rings. The lowest BCUT2D eigenvalue weighted by atomic mass is 9.76. The SMILES string of the molecule is CCC(C)[C@H]1CC[C@@H](C(=O)O)CC1. The van der Waals surface area contributed by atoms with Gasteiger partial charge in [0.25, 0.3) is 0 Å². The number of carbonyl (C=O) groups is 1. The van der Waals surface area contributed by atoms with E-state index in [1.54, 1.807) is 0 Å². The Balaban J connectivity index is 2.34. The summed E-state index contributed by atoms with van der Waals surface area (Å²) in [6, 6.07) is 0. The first kappa shape index (κ1) is 10.6. The molecule has 1 saturated carbocycles. The van der Waals surface area contributed by atoms with Gasteiger partial charge in [0, 0.05) is 0 Å². The topological polar surface area (TPSA) is 37.3 Å². The third-order valence-electron chi connectivity index (χ3n) is 3.57. The van der Waals surface area contributed by atoms with Gasteiger partial charge in [-0.2, -0.15) is 0 Å². The van der Waals surface area contributed by atoms with Gasteiger partial charge in [0.05, 0.1) is 5.92 Å². The van der Waals surface area contributed by atoms with Crippen LogP contribution in [0.1, 0.15) is 46.0 Å². The zero-order valence-corrected chi connectivity index (χ0v) is 8.62. The van der Waals surface area contributed by atoms with E-state index in [1.165, 1.54) is 6.42 Å². The average molecular weight is 184 g/mol. The van der Waals surface area contributed by atoms with Crippen molar-refractivity contribution in [3.05, 3.63) is 0 Å². The van der Waals surface area contributed by atoms with Crippen LogP contribution >= 0.6 is 0 Å². The van der Waals surface area contributed by atoms with Gasteiger partial charge in [-0.25, -0.2) is 0 Å². The smallest absolute Gasteiger partial charge is 0.306 e. The first-order valence-corrected chi connectivity index (χ1v) is 5.38. The molecule has 0 amide bonds. The predicted octanol–water partition coefficient (Wildman–Crippen LogP) is 2.92. The van der Waals surface area contributed by atoms with Crippen molar-refractivity contribution in [3.63, 3.8) is 0 Å². The molecule has 1 aliphatic carbocycles. The summed E-state index contributed by atoms with van der Waals surface area (Å²) >= 11 is 0. The molecule has 1 N–H and O–H groups in total. The van der Waals surface area contributed by atoms with E-state index in [0.717, 1.165) is 37.5 Å². The highest BCUT2D eigenvalue weighted by molar-refractivity contribution is 5.69. The maximum absolute atomic E-state index is 10.7. The first-order valence-electron chi connectivity index (χ1n) is 5.38. The van der Waals surface area contributed by atoms with Crippen LogP contribution in [0, 0.1) is 17.8 Å². The normalized spacial score (nSPS) is 31.2. The van der Waals surface area contributed by atoms with E-state index in [-0.39, 0.29) is 5.92 Å². The second-order valence-electron chi connectivity index (χ2n) is 4.34. The Morgan fingerprint density at radius 3 is 2.31 bits per heavy atom. The van der Waals surface area contributed by atoms with Gasteiger partial charge in [0.2, 0.25) is 0 Å². The average Bonchev–Trinajstić information content (AvgIpc) is 2.17. The summed E-state index contributed by atoms with van der Waals surface area (Å²) in [7, 11) is 0. The summed E-state index contributed by atoms with van der Waals surface area (Å²) in [5.74, 6) is 0.901. The van der Waals surface area contributed by atoms with Gasteiger partial charge in [-0.05, 0) is 37.5 Å². The van der Waals surface area contributed by atoms with Crippen molar-refractivity contribution < 1.29 is 9.90 Å². The Bertz CT molecular complexity index is 169. The fraction of sp³-hybridized carbons (Fsp3) is 0.909. The molecule has 1 rings (SSSR count). The maximum atomic E-state index is 10.7. The summed E-state index contributed by atoms with van der Waals surface area (Å²) in [6.45, 7) is 4.50. The number of hydrogen-bond acceptors (Lipinski definition) is 1. The molecule has 2 heteroatoms. The van der Waals surface area contributed by atoms with E-state index < -0.39 is 5.97 Å². The van der Waals surface area contributed by atoms with E-state index in [4.69, 9.17) is 5.11 Å². The van der Waals surface area contributed by atoms with E-state index in [9.17, 15) is 4.79 Å². The molecule has 76 valence electrons. The monoisotopic (exact) mass is 184 g/mol. The maximum Gasteiger partial charge on any atom is 0.306 e. The molecule has 0 saturated heterocycles. The van der Waals surface area contributed by atoms with Crippen molar-refractivity contribution in [2.24, 2.45) is 17.8 Å². The predicted molar refractivity (Wildman–Crippen MR) is 52.5 cm³/mol. The standard InChI is InChI=1S/C11H20O2/c1-3-8(2)9-4-6-10(7-5-9)11(12)13/h8-10H,3-7H2,1-2H3,(H,12,13)/t8?,9-,10+. The molecule has 1 unspecified atom stereocenters. The summed E-state index contributed by atoms with van der Waals surface area (Å²) in [5, 5.41) is 8.82. The van der Waals surface area contributed by atoms with Gasteiger partial charge in [0.15, 0.2) is 0 Å². The van der Waals surface area contributed by atoms with Crippen LogP contribution in [0.2, 0.25) is 0 Å². The third-order valence-corrected chi connectivity index (χ3v) is 3.57. The number of carboxylic acid groups (broad SMARTS) is 1. The minimum absolute atomic E-state index is 0.0553. The Morgan fingerprint density at radius 1 is 1.38 bits per heavy atom. The lowest BCUT2D eigenvalue weighted by molar-refractivity contribution is -0.143. The fourth-order valence-corrected chi connectivity index (χ4v) is 2.27. The van der Waals surface area contributed by atoms with Crippen LogP contribution in [0.5, 0.6) is 0 Å². The lowest BCUT2D eigenvalue weighted by Crippen LogP contribution is -2.24. The van der Waals surface area contributed by atoms with Crippen molar-refractivity contribution >= 4 is 5.97 Å². The second kappa shape index (κ2) is 4.64. The molecular formula is C11H20O2. The van der Waals surface area contributed by atoms with Crippen LogP contribution in [-0.2, 0) is 4.79 Å². The van der Waals surface area contributed by atoms with E-state index in [2.05, 4.69) is 13.8 Å². The molecule has 0 bridgehead atoms. The molecule has 0 aromatic heterocycles. The second-order valence-corrected chi connectivity index (χ2v) is 4.34. The lowest BCUT2D eigenvalue weighted by Gasteiger charge is -2.29. The summed E-state index contributed by atoms with van der Waals surface area (Å²) in [4.78, 5) is 10.7. The van der Waals surface area contributed by atoms with Gasteiger partial charge in [-0.15, -0.1) is 0 Å². The number of carboxylic acids is 1. The van der Waals surface area contributed by atoms with Crippen LogP contribution in [0.25, 0.3) is 0 Å². The zero-order valence-electron chi connectivity index (χ0n) is 8.62. The Hall–Kier alpha value is -0.530. The summed E-state index contributed by atoms with van der Waals surface area (Å²) in [5.41, 5.74) is 0. The Labute approximate surface area is 80.3 Å². The van der Waals surface area contributed by atoms with E-state index in [1.807, 2.05) is 0 Å². The Kier molecular flexibility index (Phi) is 3.76. The largest absolute Gasteiger partial charge is 0.481 e. The minimum atomic E-state index is -0.595. The van der Waals surface area contributed by atoms with Crippen LogP contribution in [0.15, 0.2) is 0 Å². The van der Waals surface area contributed by atoms with Crippen LogP contribution in [0.3, 0.4) is 0 Å². The highest BCUT2D eigenvalue weighted by Gasteiger charge is 2.27. The molecule has 0 aromatic carbocycles. The number of hydrogen-bond donors (Lipinski definition) is 1.